The first kappa shape index (κ1) is 13.2. The summed E-state index contributed by atoms with van der Waals surface area (Å²) in [4.78, 5) is 14.7. The Morgan fingerprint density at radius 1 is 1.56 bits per heavy atom. The number of aliphatic hydroxyl groups excluding tert-OH is 1. The molecule has 0 saturated heterocycles. The molecule has 90 valence electrons. The third-order valence-electron chi connectivity index (χ3n) is 2.50. The molecule has 3 nitrogen and oxygen atoms in total. The topological polar surface area (TPSA) is 40.5 Å². The van der Waals surface area contributed by atoms with Crippen LogP contribution in [0.3, 0.4) is 0 Å². The van der Waals surface area contributed by atoms with Crippen LogP contribution < -0.4 is 0 Å². The van der Waals surface area contributed by atoms with Crippen molar-refractivity contribution in [1.29, 1.82) is 0 Å². The van der Waals surface area contributed by atoms with Gasteiger partial charge in [0.1, 0.15) is 0 Å². The highest BCUT2D eigenvalue weighted by Gasteiger charge is 2.10. The zero-order valence-electron chi connectivity index (χ0n) is 9.69. The van der Waals surface area contributed by atoms with Crippen molar-refractivity contribution in [3.63, 3.8) is 0 Å². The lowest BCUT2D eigenvalue weighted by atomic mass is 10.2. The van der Waals surface area contributed by atoms with Gasteiger partial charge in [-0.25, -0.2) is 0 Å². The van der Waals surface area contributed by atoms with Gasteiger partial charge in [-0.1, -0.05) is 6.07 Å². The number of rotatable bonds is 7. The standard InChI is InChI=1S/C12H19NO2S/c1-2-13(8-9-14)12(15)7-3-5-11-6-4-10-16-11/h4,6,10,14H,2-3,5,7-9H2,1H3. The summed E-state index contributed by atoms with van der Waals surface area (Å²) in [5.74, 6) is 0.146. The summed E-state index contributed by atoms with van der Waals surface area (Å²) in [6.07, 6.45) is 2.44. The average molecular weight is 241 g/mol. The molecule has 1 N–H and O–H groups in total. The SMILES string of the molecule is CCN(CCO)C(=O)CCCc1cccs1. The van der Waals surface area contributed by atoms with Crippen LogP contribution in [-0.4, -0.2) is 35.6 Å². The lowest BCUT2D eigenvalue weighted by molar-refractivity contribution is -0.131. The second-order valence-electron chi connectivity index (χ2n) is 3.63. The molecule has 16 heavy (non-hydrogen) atoms. The number of nitrogens with zero attached hydrogens (tertiary/aromatic N) is 1. The average Bonchev–Trinajstić information content (AvgIpc) is 2.78. The molecule has 0 aliphatic heterocycles. The fourth-order valence-corrected chi connectivity index (χ4v) is 2.36. The molecular weight excluding hydrogens is 222 g/mol. The first-order valence-corrected chi connectivity index (χ1v) is 6.57. The molecular formula is C12H19NO2S. The van der Waals surface area contributed by atoms with E-state index in [1.165, 1.54) is 4.88 Å². The van der Waals surface area contributed by atoms with E-state index in [2.05, 4.69) is 11.4 Å². The molecule has 1 rings (SSSR count). The molecule has 0 unspecified atom stereocenters. The fourth-order valence-electron chi connectivity index (χ4n) is 1.61. The minimum absolute atomic E-state index is 0.0461. The maximum atomic E-state index is 11.7. The Hall–Kier alpha value is -0.870. The van der Waals surface area contributed by atoms with Crippen LogP contribution in [0.5, 0.6) is 0 Å². The minimum Gasteiger partial charge on any atom is -0.395 e. The van der Waals surface area contributed by atoms with Crippen molar-refractivity contribution in [2.75, 3.05) is 19.7 Å². The van der Waals surface area contributed by atoms with Crippen LogP contribution in [0, 0.1) is 0 Å². The Balaban J connectivity index is 2.23. The molecule has 4 heteroatoms. The first-order chi connectivity index (χ1) is 7.77. The molecule has 0 bridgehead atoms. The van der Waals surface area contributed by atoms with Crippen LogP contribution in [-0.2, 0) is 11.2 Å². The highest BCUT2D eigenvalue weighted by Crippen LogP contribution is 2.12. The molecule has 1 amide bonds. The van der Waals surface area contributed by atoms with Crippen LogP contribution in [0.1, 0.15) is 24.6 Å². The highest BCUT2D eigenvalue weighted by atomic mass is 32.1. The summed E-state index contributed by atoms with van der Waals surface area (Å²) in [7, 11) is 0. The van der Waals surface area contributed by atoms with Gasteiger partial charge in [0.2, 0.25) is 5.91 Å². The number of thiophene rings is 1. The van der Waals surface area contributed by atoms with Gasteiger partial charge in [0.25, 0.3) is 0 Å². The molecule has 0 radical (unpaired) electrons. The van der Waals surface area contributed by atoms with E-state index in [0.717, 1.165) is 12.8 Å². The van der Waals surface area contributed by atoms with Gasteiger partial charge in [0, 0.05) is 24.4 Å². The van der Waals surface area contributed by atoms with Gasteiger partial charge in [-0.05, 0) is 31.2 Å². The summed E-state index contributed by atoms with van der Waals surface area (Å²) in [6.45, 7) is 3.12. The van der Waals surface area contributed by atoms with E-state index in [-0.39, 0.29) is 12.5 Å². The van der Waals surface area contributed by atoms with Crippen molar-refractivity contribution in [1.82, 2.24) is 4.90 Å². The fraction of sp³-hybridized carbons (Fsp3) is 0.583. The van der Waals surface area contributed by atoms with Crippen molar-refractivity contribution < 1.29 is 9.90 Å². The molecule has 1 aromatic heterocycles. The van der Waals surface area contributed by atoms with Gasteiger partial charge in [-0.3, -0.25) is 4.79 Å². The molecule has 0 aliphatic carbocycles. The Morgan fingerprint density at radius 2 is 2.38 bits per heavy atom. The van der Waals surface area contributed by atoms with E-state index >= 15 is 0 Å². The number of likely N-dealkylation sites (N-methyl/N-ethyl adjacent to an activating group) is 1. The van der Waals surface area contributed by atoms with Crippen molar-refractivity contribution in [2.45, 2.75) is 26.2 Å². The van der Waals surface area contributed by atoms with Gasteiger partial charge in [-0.15, -0.1) is 11.3 Å². The Kier molecular flexibility index (Phi) is 6.11. The second kappa shape index (κ2) is 7.41. The maximum Gasteiger partial charge on any atom is 0.222 e. The van der Waals surface area contributed by atoms with Crippen LogP contribution >= 0.6 is 11.3 Å². The number of aliphatic hydroxyl groups is 1. The summed E-state index contributed by atoms with van der Waals surface area (Å²) in [5, 5.41) is 10.9. The van der Waals surface area contributed by atoms with Crippen molar-refractivity contribution in [3.8, 4) is 0 Å². The Morgan fingerprint density at radius 3 is 2.94 bits per heavy atom. The van der Waals surface area contributed by atoms with Crippen molar-refractivity contribution in [3.05, 3.63) is 22.4 Å². The van der Waals surface area contributed by atoms with Crippen LogP contribution in [0.4, 0.5) is 0 Å². The number of hydrogen-bond acceptors (Lipinski definition) is 3. The van der Waals surface area contributed by atoms with Crippen molar-refractivity contribution in [2.24, 2.45) is 0 Å². The van der Waals surface area contributed by atoms with Gasteiger partial charge in [-0.2, -0.15) is 0 Å². The van der Waals surface area contributed by atoms with E-state index in [0.29, 0.717) is 19.5 Å². The van der Waals surface area contributed by atoms with Gasteiger partial charge in [0.15, 0.2) is 0 Å². The molecule has 0 fully saturated rings. The predicted molar refractivity (Wildman–Crippen MR) is 66.6 cm³/mol. The van der Waals surface area contributed by atoms with Gasteiger partial charge in [0.05, 0.1) is 6.61 Å². The van der Waals surface area contributed by atoms with Crippen LogP contribution in [0.25, 0.3) is 0 Å². The first-order valence-electron chi connectivity index (χ1n) is 5.69. The van der Waals surface area contributed by atoms with Gasteiger partial charge < -0.3 is 10.0 Å². The van der Waals surface area contributed by atoms with Crippen molar-refractivity contribution >= 4 is 17.2 Å². The summed E-state index contributed by atoms with van der Waals surface area (Å²) in [6, 6.07) is 4.13. The van der Waals surface area contributed by atoms with E-state index in [9.17, 15) is 4.79 Å². The summed E-state index contributed by atoms with van der Waals surface area (Å²) < 4.78 is 0. The lowest BCUT2D eigenvalue weighted by Gasteiger charge is -2.19. The molecule has 0 aromatic carbocycles. The monoisotopic (exact) mass is 241 g/mol. The predicted octanol–water partition coefficient (Wildman–Crippen LogP) is 1.91. The van der Waals surface area contributed by atoms with E-state index in [1.54, 1.807) is 16.2 Å². The minimum atomic E-state index is 0.0461. The number of carbonyl (C=O) groups is 1. The molecule has 1 aromatic rings. The summed E-state index contributed by atoms with van der Waals surface area (Å²) in [5.41, 5.74) is 0. The molecule has 1 heterocycles. The zero-order chi connectivity index (χ0) is 11.8. The molecule has 0 atom stereocenters. The lowest BCUT2D eigenvalue weighted by Crippen LogP contribution is -2.33. The highest BCUT2D eigenvalue weighted by molar-refractivity contribution is 7.09. The largest absolute Gasteiger partial charge is 0.395 e. The molecule has 0 saturated carbocycles. The van der Waals surface area contributed by atoms with E-state index in [4.69, 9.17) is 5.11 Å². The second-order valence-corrected chi connectivity index (χ2v) is 4.66. The molecule has 0 aliphatic rings. The zero-order valence-corrected chi connectivity index (χ0v) is 10.5. The number of amides is 1. The third kappa shape index (κ3) is 4.33. The number of carbonyl (C=O) groups excluding carboxylic acids is 1. The Bertz CT molecular complexity index is 298. The maximum absolute atomic E-state index is 11.7. The number of hydrogen-bond donors (Lipinski definition) is 1. The third-order valence-corrected chi connectivity index (χ3v) is 3.43. The van der Waals surface area contributed by atoms with E-state index in [1.807, 2.05) is 13.0 Å². The quantitative estimate of drug-likeness (QED) is 0.792. The normalized spacial score (nSPS) is 10.4. The van der Waals surface area contributed by atoms with Gasteiger partial charge >= 0.3 is 0 Å². The summed E-state index contributed by atoms with van der Waals surface area (Å²) >= 11 is 1.73. The molecule has 0 spiro atoms. The van der Waals surface area contributed by atoms with Crippen LogP contribution in [0.2, 0.25) is 0 Å². The van der Waals surface area contributed by atoms with E-state index < -0.39 is 0 Å². The number of aryl methyl sites for hydroxylation is 1. The smallest absolute Gasteiger partial charge is 0.222 e. The van der Waals surface area contributed by atoms with Crippen LogP contribution in [0.15, 0.2) is 17.5 Å². The Labute approximate surface area is 101 Å².